The fourth-order valence-electron chi connectivity index (χ4n) is 10.5. The van der Waals surface area contributed by atoms with Gasteiger partial charge < -0.3 is 38.5 Å². The number of amides is 4. The first-order valence-electron chi connectivity index (χ1n) is 25.3. The highest BCUT2D eigenvalue weighted by molar-refractivity contribution is 8.19. The fourth-order valence-corrected chi connectivity index (χ4v) is 18.1. The Hall–Kier alpha value is -5.88. The summed E-state index contributed by atoms with van der Waals surface area (Å²) < 4.78 is 23.0. The van der Waals surface area contributed by atoms with Crippen molar-refractivity contribution in [2.75, 3.05) is 55.6 Å². The van der Waals surface area contributed by atoms with Crippen molar-refractivity contribution < 1.29 is 38.1 Å². The van der Waals surface area contributed by atoms with Crippen LogP contribution in [0.15, 0.2) is 158 Å². The van der Waals surface area contributed by atoms with Gasteiger partial charge in [-0.2, -0.15) is 0 Å². The smallest absolute Gasteiger partial charge is 0.262 e. The molecule has 76 heavy (non-hydrogen) atoms. The molecule has 0 spiro atoms. The molecule has 0 N–H and O–H groups in total. The molecule has 0 aliphatic carbocycles. The number of hydrogen-bond donors (Lipinski definition) is 0. The molecule has 0 radical (unpaired) electrons. The number of carbonyl (C=O) groups is 4. The number of likely N-dealkylation sites (N-methyl/N-ethyl adjacent to an activating group) is 4. The van der Waals surface area contributed by atoms with Gasteiger partial charge in [-0.05, 0) is 81.6 Å². The quantitative estimate of drug-likeness (QED) is 0.0769. The van der Waals surface area contributed by atoms with Crippen molar-refractivity contribution in [2.24, 2.45) is 0 Å². The molecule has 6 atom stereocenters. The van der Waals surface area contributed by atoms with Gasteiger partial charge in [0.2, 0.25) is 0 Å². The molecule has 6 aromatic carbocycles. The van der Waals surface area contributed by atoms with Gasteiger partial charge in [0.15, 0.2) is 19.5 Å². The summed E-state index contributed by atoms with van der Waals surface area (Å²) in [7, 11) is 10.3. The Balaban J connectivity index is 0.838. The highest BCUT2D eigenvalue weighted by Gasteiger charge is 2.68. The summed E-state index contributed by atoms with van der Waals surface area (Å²) in [5.41, 5.74) is 8.10. The number of ether oxygens (including phenoxy) is 4. The molecule has 6 aliphatic rings. The third-order valence-electron chi connectivity index (χ3n) is 15.2. The minimum Gasteiger partial charge on any atom is -0.497 e. The second-order valence-electron chi connectivity index (χ2n) is 19.7. The SMILES string of the molecule is COc1ccc(C2S[C@@]3(COCc4ccccc4)C(=O)N(C)[C@@](Cc4ccc(CCc5ccc(C[C@@]67SC(c8ccc(OC)cc8)S[C@@](COCc8ccccc8)(C(=O)N6C)N(C)C7=O)cc5)cc4)(S2)C(=O)N3C)cc1. The molecular weight excluding hydrogens is 1030 g/mol. The van der Waals surface area contributed by atoms with Crippen molar-refractivity contribution in [2.45, 2.75) is 67.5 Å². The number of hydrogen-bond acceptors (Lipinski definition) is 12. The van der Waals surface area contributed by atoms with Gasteiger partial charge in [0.25, 0.3) is 23.6 Å². The zero-order valence-corrected chi connectivity index (χ0v) is 46.8. The van der Waals surface area contributed by atoms with Gasteiger partial charge in [0, 0.05) is 41.0 Å². The lowest BCUT2D eigenvalue weighted by Crippen LogP contribution is -2.73. The molecule has 0 aromatic heterocycles. The average molecular weight is 1100 g/mol. The lowest BCUT2D eigenvalue weighted by molar-refractivity contribution is -0.166. The molecule has 16 heteroatoms. The van der Waals surface area contributed by atoms with E-state index in [-0.39, 0.29) is 46.0 Å². The monoisotopic (exact) mass is 1090 g/mol. The lowest BCUT2D eigenvalue weighted by atomic mass is 9.95. The van der Waals surface area contributed by atoms with Crippen LogP contribution in [0.3, 0.4) is 0 Å². The Morgan fingerprint density at radius 3 is 1.03 bits per heavy atom. The highest BCUT2D eigenvalue weighted by atomic mass is 32.2. The number of methoxy groups -OCH3 is 2. The van der Waals surface area contributed by atoms with E-state index in [0.29, 0.717) is 26.1 Å². The van der Waals surface area contributed by atoms with E-state index in [9.17, 15) is 19.2 Å². The number of fused-ring (bicyclic) bond motifs is 8. The average Bonchev–Trinajstić information content (AvgIpc) is 3.72. The molecule has 0 saturated carbocycles. The normalized spacial score (nSPS) is 25.2. The number of piperazine rings is 2. The third-order valence-corrected chi connectivity index (χ3v) is 22.1. The van der Waals surface area contributed by atoms with E-state index in [0.717, 1.165) is 68.8 Å². The van der Waals surface area contributed by atoms with Crippen molar-refractivity contribution >= 4 is 70.7 Å². The minimum atomic E-state index is -1.28. The zero-order valence-electron chi connectivity index (χ0n) is 43.5. The summed E-state index contributed by atoms with van der Waals surface area (Å²) in [5, 5.41) is 0. The van der Waals surface area contributed by atoms with Crippen LogP contribution < -0.4 is 9.47 Å². The van der Waals surface area contributed by atoms with Gasteiger partial charge in [0.05, 0.1) is 49.8 Å². The van der Waals surface area contributed by atoms with Crippen LogP contribution in [0.4, 0.5) is 0 Å². The van der Waals surface area contributed by atoms with Crippen LogP contribution in [0.1, 0.15) is 53.7 Å². The lowest BCUT2D eigenvalue weighted by Gasteiger charge is -2.51. The molecule has 6 saturated heterocycles. The summed E-state index contributed by atoms with van der Waals surface area (Å²) in [6.07, 6.45) is 2.19. The maximum Gasteiger partial charge on any atom is 0.262 e. The zero-order chi connectivity index (χ0) is 53.2. The van der Waals surface area contributed by atoms with Gasteiger partial charge >= 0.3 is 0 Å². The van der Waals surface area contributed by atoms with Gasteiger partial charge in [-0.1, -0.05) is 133 Å². The van der Waals surface area contributed by atoms with Gasteiger partial charge in [0.1, 0.15) is 11.5 Å². The maximum atomic E-state index is 14.9. The minimum absolute atomic E-state index is 0.0339. The van der Waals surface area contributed by atoms with E-state index in [2.05, 4.69) is 48.5 Å². The van der Waals surface area contributed by atoms with Crippen molar-refractivity contribution in [3.8, 4) is 11.5 Å². The summed E-state index contributed by atoms with van der Waals surface area (Å²) in [4.78, 5) is 61.1. The molecule has 2 unspecified atom stereocenters. The van der Waals surface area contributed by atoms with Crippen LogP contribution >= 0.6 is 47.0 Å². The molecule has 6 aliphatic heterocycles. The number of aryl methyl sites for hydroxylation is 2. The molecule has 12 rings (SSSR count). The maximum absolute atomic E-state index is 14.9. The number of carbonyl (C=O) groups excluding carboxylic acids is 4. The summed E-state index contributed by atoms with van der Waals surface area (Å²) in [5.74, 6) is 0.858. The second-order valence-corrected chi connectivity index (χ2v) is 25.8. The largest absolute Gasteiger partial charge is 0.497 e. The van der Waals surface area contributed by atoms with E-state index < -0.39 is 19.5 Å². The summed E-state index contributed by atoms with van der Waals surface area (Å²) in [6.45, 7) is 0.692. The van der Waals surface area contributed by atoms with E-state index in [4.69, 9.17) is 18.9 Å². The number of thioether (sulfide) groups is 4. The number of benzene rings is 6. The van der Waals surface area contributed by atoms with Gasteiger partial charge in [-0.25, -0.2) is 0 Å². The van der Waals surface area contributed by atoms with Crippen LogP contribution in [-0.4, -0.2) is 118 Å². The Morgan fingerprint density at radius 2 is 0.684 bits per heavy atom. The van der Waals surface area contributed by atoms with Crippen molar-refractivity contribution in [3.05, 3.63) is 202 Å². The highest BCUT2D eigenvalue weighted by Crippen LogP contribution is 2.63. The Morgan fingerprint density at radius 1 is 0.382 bits per heavy atom. The molecule has 6 aromatic rings. The number of rotatable bonds is 19. The first-order valence-corrected chi connectivity index (χ1v) is 28.8. The first-order chi connectivity index (χ1) is 36.7. The Labute approximate surface area is 462 Å². The topological polar surface area (TPSA) is 118 Å². The van der Waals surface area contributed by atoms with E-state index in [1.54, 1.807) is 62.0 Å². The number of nitrogens with zero attached hydrogens (tertiary/aromatic N) is 4. The van der Waals surface area contributed by atoms with Crippen molar-refractivity contribution in [1.82, 2.24) is 19.6 Å². The molecule has 4 amide bonds. The third kappa shape index (κ3) is 10.0. The second kappa shape index (κ2) is 22.2. The predicted octanol–water partition coefficient (Wildman–Crippen LogP) is 10.0. The molecule has 12 nitrogen and oxygen atoms in total. The van der Waals surface area contributed by atoms with E-state index >= 15 is 0 Å². The van der Waals surface area contributed by atoms with Crippen LogP contribution in [0.2, 0.25) is 0 Å². The van der Waals surface area contributed by atoms with E-state index in [1.165, 1.54) is 47.0 Å². The van der Waals surface area contributed by atoms with Crippen LogP contribution in [0.5, 0.6) is 11.5 Å². The van der Waals surface area contributed by atoms with Gasteiger partial charge in [-0.3, -0.25) is 19.2 Å². The van der Waals surface area contributed by atoms with Crippen molar-refractivity contribution in [1.29, 1.82) is 0 Å². The van der Waals surface area contributed by atoms with Crippen LogP contribution in [0.25, 0.3) is 0 Å². The summed E-state index contributed by atoms with van der Waals surface area (Å²) in [6, 6.07) is 52.1. The molecule has 4 bridgehead atoms. The first kappa shape index (κ1) is 53.5. The molecule has 394 valence electrons. The Kier molecular flexibility index (Phi) is 15.7. The van der Waals surface area contributed by atoms with E-state index in [1.807, 2.05) is 109 Å². The predicted molar refractivity (Wildman–Crippen MR) is 304 cm³/mol. The van der Waals surface area contributed by atoms with Gasteiger partial charge in [-0.15, -0.1) is 47.0 Å². The standard InChI is InChI=1S/C60H62N4O8S4/c1-61-55(67)59(39-71-37-45-13-9-7-10-14-45)63(3)53(65)57(61,73-51(75-59)47-27-31-49(69-5)32-28-47)35-43-23-19-41(20-24-43)17-18-42-21-25-44(26-22-42)36-58-54(66)64(4)60(56(68)62(58)2,40-72-38-46-15-11-8-12-16-46)76-52(74-58)48-29-33-50(70-6)34-30-48/h7-16,19-34,51-52H,17-18,35-40H2,1-6H3/t51?,52?,57-,58-,59-,60-/m0/s1. The summed E-state index contributed by atoms with van der Waals surface area (Å²) >= 11 is 5.96. The van der Waals surface area contributed by atoms with Crippen molar-refractivity contribution in [3.63, 3.8) is 0 Å². The Bertz CT molecular complexity index is 2840. The molecule has 6 heterocycles. The molecule has 6 fully saturated rings. The molecular formula is C60H62N4O8S4. The van der Waals surface area contributed by atoms with Crippen LogP contribution in [-0.2, 0) is 67.5 Å². The van der Waals surface area contributed by atoms with Crippen LogP contribution in [0, 0.1) is 0 Å². The fraction of sp³-hybridized carbons (Fsp3) is 0.333.